The Labute approximate surface area is 118 Å². The van der Waals surface area contributed by atoms with Gasteiger partial charge in [-0.05, 0) is 12.1 Å². The van der Waals surface area contributed by atoms with E-state index in [0.29, 0.717) is 26.2 Å². The third-order valence-corrected chi connectivity index (χ3v) is 3.30. The minimum absolute atomic E-state index is 0.0300. The number of hydrazine groups is 1. The smallest absolute Gasteiger partial charge is 0.111 e. The summed E-state index contributed by atoms with van der Waals surface area (Å²) in [7, 11) is 3.67. The normalized spacial score (nSPS) is 12.9. The number of benzene rings is 1. The summed E-state index contributed by atoms with van der Waals surface area (Å²) in [4.78, 5) is 4.63. The van der Waals surface area contributed by atoms with Crippen molar-refractivity contribution in [3.05, 3.63) is 30.1 Å². The lowest BCUT2D eigenvalue weighted by Gasteiger charge is -2.15. The maximum Gasteiger partial charge on any atom is 0.111 e. The van der Waals surface area contributed by atoms with Gasteiger partial charge in [-0.1, -0.05) is 12.1 Å². The van der Waals surface area contributed by atoms with Crippen LogP contribution in [0.5, 0.6) is 0 Å². The van der Waals surface area contributed by atoms with Crippen LogP contribution in [-0.2, 0) is 22.9 Å². The van der Waals surface area contributed by atoms with Crippen LogP contribution >= 0.6 is 0 Å². The third-order valence-electron chi connectivity index (χ3n) is 3.30. The maximum absolute atomic E-state index is 5.58. The molecule has 110 valence electrons. The van der Waals surface area contributed by atoms with Crippen LogP contribution in [0.15, 0.2) is 24.3 Å². The van der Waals surface area contributed by atoms with Crippen molar-refractivity contribution in [1.29, 1.82) is 0 Å². The zero-order valence-electron chi connectivity index (χ0n) is 12.0. The summed E-state index contributed by atoms with van der Waals surface area (Å²) in [5.74, 6) is 6.57. The van der Waals surface area contributed by atoms with Gasteiger partial charge in [-0.2, -0.15) is 0 Å². The molecule has 0 aliphatic heterocycles. The lowest BCUT2D eigenvalue weighted by atomic mass is 10.2. The number of aryl methyl sites for hydroxylation is 1. The molecule has 0 radical (unpaired) electrons. The number of ether oxygens (including phenoxy) is 2. The van der Waals surface area contributed by atoms with E-state index in [0.717, 1.165) is 16.9 Å². The Morgan fingerprint density at radius 2 is 2.15 bits per heavy atom. The highest BCUT2D eigenvalue weighted by Gasteiger charge is 2.13. The zero-order chi connectivity index (χ0) is 14.4. The SMILES string of the molecule is COCCOCC(Cc1nc2ccccc2n1C)NN. The van der Waals surface area contributed by atoms with Crippen LogP contribution in [0.2, 0.25) is 0 Å². The average Bonchev–Trinajstić information content (AvgIpc) is 2.79. The fourth-order valence-corrected chi connectivity index (χ4v) is 2.13. The fraction of sp³-hybridized carbons (Fsp3) is 0.500. The van der Waals surface area contributed by atoms with Crippen LogP contribution in [0.25, 0.3) is 11.0 Å². The largest absolute Gasteiger partial charge is 0.382 e. The molecule has 2 aromatic rings. The van der Waals surface area contributed by atoms with Gasteiger partial charge < -0.3 is 14.0 Å². The molecule has 0 bridgehead atoms. The van der Waals surface area contributed by atoms with E-state index in [9.17, 15) is 0 Å². The first-order valence-corrected chi connectivity index (χ1v) is 6.69. The molecular formula is C14H22N4O2. The Morgan fingerprint density at radius 3 is 2.85 bits per heavy atom. The van der Waals surface area contributed by atoms with Gasteiger partial charge in [0.1, 0.15) is 5.82 Å². The van der Waals surface area contributed by atoms with E-state index in [1.807, 2.05) is 25.2 Å². The molecule has 6 nitrogen and oxygen atoms in total. The minimum Gasteiger partial charge on any atom is -0.382 e. The zero-order valence-corrected chi connectivity index (χ0v) is 12.0. The second-order valence-corrected chi connectivity index (χ2v) is 4.71. The first-order chi connectivity index (χ1) is 9.76. The van der Waals surface area contributed by atoms with Crippen molar-refractivity contribution in [2.24, 2.45) is 12.9 Å². The molecule has 1 heterocycles. The number of nitrogens with one attached hydrogen (secondary N) is 1. The van der Waals surface area contributed by atoms with E-state index in [1.54, 1.807) is 7.11 Å². The number of nitrogens with zero attached hydrogens (tertiary/aromatic N) is 2. The van der Waals surface area contributed by atoms with E-state index >= 15 is 0 Å². The number of nitrogens with two attached hydrogens (primary N) is 1. The highest BCUT2D eigenvalue weighted by atomic mass is 16.5. The second-order valence-electron chi connectivity index (χ2n) is 4.71. The van der Waals surface area contributed by atoms with Crippen LogP contribution in [0.4, 0.5) is 0 Å². The predicted molar refractivity (Wildman–Crippen MR) is 78.2 cm³/mol. The predicted octanol–water partition coefficient (Wildman–Crippen LogP) is 0.611. The number of aromatic nitrogens is 2. The number of para-hydroxylation sites is 2. The molecule has 3 N–H and O–H groups in total. The topological polar surface area (TPSA) is 74.3 Å². The summed E-state index contributed by atoms with van der Waals surface area (Å²) < 4.78 is 12.5. The van der Waals surface area contributed by atoms with Gasteiger partial charge in [0.25, 0.3) is 0 Å². The van der Waals surface area contributed by atoms with Crippen molar-refractivity contribution in [2.45, 2.75) is 12.5 Å². The van der Waals surface area contributed by atoms with Crippen LogP contribution in [0.3, 0.4) is 0 Å². The van der Waals surface area contributed by atoms with Gasteiger partial charge >= 0.3 is 0 Å². The van der Waals surface area contributed by atoms with Crippen LogP contribution in [0, 0.1) is 0 Å². The standard InChI is InChI=1S/C14H22N4O2/c1-18-13-6-4-3-5-12(13)16-14(18)9-11(17-15)10-20-8-7-19-2/h3-6,11,17H,7-10,15H2,1-2H3. The van der Waals surface area contributed by atoms with Crippen LogP contribution < -0.4 is 11.3 Å². The summed E-state index contributed by atoms with van der Waals surface area (Å²) in [6.07, 6.45) is 0.717. The van der Waals surface area contributed by atoms with Crippen molar-refractivity contribution in [3.8, 4) is 0 Å². The number of fused-ring (bicyclic) bond motifs is 1. The van der Waals surface area contributed by atoms with E-state index in [1.165, 1.54) is 0 Å². The summed E-state index contributed by atoms with van der Waals surface area (Å²) >= 11 is 0. The Hall–Kier alpha value is -1.47. The number of methoxy groups -OCH3 is 1. The van der Waals surface area contributed by atoms with E-state index < -0.39 is 0 Å². The lowest BCUT2D eigenvalue weighted by Crippen LogP contribution is -2.41. The number of imidazole rings is 1. The van der Waals surface area contributed by atoms with E-state index in [-0.39, 0.29) is 6.04 Å². The quantitative estimate of drug-likeness (QED) is 0.420. The van der Waals surface area contributed by atoms with Gasteiger partial charge in [0.05, 0.1) is 36.9 Å². The van der Waals surface area contributed by atoms with Gasteiger partial charge in [0.2, 0.25) is 0 Å². The van der Waals surface area contributed by atoms with Crippen molar-refractivity contribution < 1.29 is 9.47 Å². The monoisotopic (exact) mass is 278 g/mol. The summed E-state index contributed by atoms with van der Waals surface area (Å²) in [6.45, 7) is 1.68. The van der Waals surface area contributed by atoms with Gasteiger partial charge in [0.15, 0.2) is 0 Å². The van der Waals surface area contributed by atoms with E-state index in [4.69, 9.17) is 15.3 Å². The Kier molecular flexibility index (Phi) is 5.49. The number of hydrogen-bond acceptors (Lipinski definition) is 5. The van der Waals surface area contributed by atoms with Gasteiger partial charge in [-0.15, -0.1) is 0 Å². The molecule has 0 aliphatic carbocycles. The molecule has 1 atom stereocenters. The average molecular weight is 278 g/mol. The molecule has 0 spiro atoms. The summed E-state index contributed by atoms with van der Waals surface area (Å²) in [5, 5.41) is 0. The number of rotatable bonds is 8. The molecule has 0 aliphatic rings. The first kappa shape index (κ1) is 14.9. The van der Waals surface area contributed by atoms with Crippen LogP contribution in [0.1, 0.15) is 5.82 Å². The molecule has 1 aromatic carbocycles. The molecule has 0 saturated heterocycles. The molecule has 20 heavy (non-hydrogen) atoms. The molecule has 0 fully saturated rings. The van der Waals surface area contributed by atoms with Crippen molar-refractivity contribution in [1.82, 2.24) is 15.0 Å². The Bertz CT molecular complexity index is 541. The Balaban J connectivity index is 2.00. The third kappa shape index (κ3) is 3.55. The molecular weight excluding hydrogens is 256 g/mol. The first-order valence-electron chi connectivity index (χ1n) is 6.69. The summed E-state index contributed by atoms with van der Waals surface area (Å²) in [6, 6.07) is 8.11. The number of hydrogen-bond donors (Lipinski definition) is 2. The molecule has 2 rings (SSSR count). The van der Waals surface area contributed by atoms with E-state index in [2.05, 4.69) is 21.0 Å². The van der Waals surface area contributed by atoms with Gasteiger partial charge in [-0.25, -0.2) is 4.98 Å². The van der Waals surface area contributed by atoms with Crippen LogP contribution in [-0.4, -0.2) is 42.5 Å². The molecule has 0 saturated carbocycles. The molecule has 0 amide bonds. The van der Waals surface area contributed by atoms with Crippen molar-refractivity contribution in [2.75, 3.05) is 26.9 Å². The molecule has 1 aromatic heterocycles. The minimum atomic E-state index is 0.0300. The Morgan fingerprint density at radius 1 is 1.35 bits per heavy atom. The van der Waals surface area contributed by atoms with Gasteiger partial charge in [0, 0.05) is 20.6 Å². The summed E-state index contributed by atoms with van der Waals surface area (Å²) in [5.41, 5.74) is 4.90. The lowest BCUT2D eigenvalue weighted by molar-refractivity contribution is 0.0584. The highest BCUT2D eigenvalue weighted by molar-refractivity contribution is 5.75. The molecule has 1 unspecified atom stereocenters. The highest BCUT2D eigenvalue weighted by Crippen LogP contribution is 2.15. The maximum atomic E-state index is 5.58. The van der Waals surface area contributed by atoms with Crippen molar-refractivity contribution in [3.63, 3.8) is 0 Å². The van der Waals surface area contributed by atoms with Crippen molar-refractivity contribution >= 4 is 11.0 Å². The second kappa shape index (κ2) is 7.35. The fourth-order valence-electron chi connectivity index (χ4n) is 2.13. The molecule has 6 heteroatoms. The van der Waals surface area contributed by atoms with Gasteiger partial charge in [-0.3, -0.25) is 11.3 Å².